The molecule has 0 aliphatic carbocycles. The third-order valence-corrected chi connectivity index (χ3v) is 2.37. The van der Waals surface area contributed by atoms with Crippen molar-refractivity contribution >= 4 is 5.69 Å². The lowest BCUT2D eigenvalue weighted by Gasteiger charge is -2.07. The zero-order valence-corrected chi connectivity index (χ0v) is 10.2. The van der Waals surface area contributed by atoms with E-state index in [9.17, 15) is 10.1 Å². The monoisotopic (exact) mass is 264 g/mol. The molecule has 0 amide bonds. The molecular formula is C11H12N4O4. The summed E-state index contributed by atoms with van der Waals surface area (Å²) in [5, 5.41) is 17.4. The highest BCUT2D eigenvalue weighted by molar-refractivity contribution is 5.48. The fourth-order valence-electron chi connectivity index (χ4n) is 1.54. The smallest absolute Gasteiger partial charge is 0.310 e. The van der Waals surface area contributed by atoms with Gasteiger partial charge in [-0.15, -0.1) is 0 Å². The van der Waals surface area contributed by atoms with E-state index in [2.05, 4.69) is 20.0 Å². The first kappa shape index (κ1) is 13.0. The van der Waals surface area contributed by atoms with Crippen molar-refractivity contribution in [3.8, 4) is 5.75 Å². The summed E-state index contributed by atoms with van der Waals surface area (Å²) in [5.41, 5.74) is 0.791. The summed E-state index contributed by atoms with van der Waals surface area (Å²) in [6.45, 7) is 0.608. The second-order valence-electron chi connectivity index (χ2n) is 3.73. The van der Waals surface area contributed by atoms with Crippen LogP contribution in [0.1, 0.15) is 11.4 Å². The molecule has 2 aromatic rings. The molecule has 1 N–H and O–H groups in total. The summed E-state index contributed by atoms with van der Waals surface area (Å²) in [5.74, 6) is 0.510. The Morgan fingerprint density at radius 3 is 3.00 bits per heavy atom. The fraction of sp³-hybridized carbons (Fsp3) is 0.273. The van der Waals surface area contributed by atoms with Gasteiger partial charge in [-0.25, -0.2) is 0 Å². The molecule has 8 nitrogen and oxygen atoms in total. The molecule has 1 aromatic carbocycles. The third kappa shape index (κ3) is 3.26. The molecule has 0 radical (unpaired) electrons. The molecule has 0 bridgehead atoms. The van der Waals surface area contributed by atoms with E-state index >= 15 is 0 Å². The van der Waals surface area contributed by atoms with Crippen molar-refractivity contribution in [3.63, 3.8) is 0 Å². The van der Waals surface area contributed by atoms with Crippen molar-refractivity contribution in [2.24, 2.45) is 0 Å². The summed E-state index contributed by atoms with van der Waals surface area (Å²) in [4.78, 5) is 14.2. The van der Waals surface area contributed by atoms with Gasteiger partial charge in [-0.3, -0.25) is 10.1 Å². The average Bonchev–Trinajstić information content (AvgIpc) is 2.89. The number of nitrogens with zero attached hydrogens (tertiary/aromatic N) is 3. The lowest BCUT2D eigenvalue weighted by Crippen LogP contribution is -2.06. The van der Waals surface area contributed by atoms with Crippen LogP contribution in [-0.4, -0.2) is 22.1 Å². The quantitative estimate of drug-likeness (QED) is 0.619. The van der Waals surface area contributed by atoms with Crippen molar-refractivity contribution in [1.29, 1.82) is 0 Å². The number of benzene rings is 1. The first-order valence-corrected chi connectivity index (χ1v) is 5.50. The minimum atomic E-state index is -0.491. The van der Waals surface area contributed by atoms with Crippen LogP contribution in [0.15, 0.2) is 29.1 Å². The van der Waals surface area contributed by atoms with Gasteiger partial charge in [0.1, 0.15) is 0 Å². The summed E-state index contributed by atoms with van der Waals surface area (Å²) in [6.07, 6.45) is 1.17. The molecule has 0 saturated heterocycles. The van der Waals surface area contributed by atoms with Crippen molar-refractivity contribution in [2.45, 2.75) is 13.2 Å². The lowest BCUT2D eigenvalue weighted by atomic mass is 10.2. The van der Waals surface area contributed by atoms with Gasteiger partial charge in [0.05, 0.1) is 4.92 Å². The summed E-state index contributed by atoms with van der Waals surface area (Å²) < 4.78 is 9.93. The SMILES string of the molecule is CNCc1ccc([N+](=O)[O-])c(OCc2ncon2)c1. The number of nitro groups is 1. The predicted molar refractivity (Wildman–Crippen MR) is 64.5 cm³/mol. The molecule has 0 fully saturated rings. The number of hydrogen-bond acceptors (Lipinski definition) is 7. The zero-order chi connectivity index (χ0) is 13.7. The van der Waals surface area contributed by atoms with E-state index in [1.54, 1.807) is 19.2 Å². The largest absolute Gasteiger partial charge is 0.478 e. The van der Waals surface area contributed by atoms with Crippen LogP contribution >= 0.6 is 0 Å². The number of hydrogen-bond donors (Lipinski definition) is 1. The van der Waals surface area contributed by atoms with Gasteiger partial charge in [0.2, 0.25) is 12.2 Å². The lowest BCUT2D eigenvalue weighted by molar-refractivity contribution is -0.386. The van der Waals surface area contributed by atoms with Gasteiger partial charge in [-0.1, -0.05) is 11.2 Å². The summed E-state index contributed by atoms with van der Waals surface area (Å²) >= 11 is 0. The molecule has 1 aromatic heterocycles. The molecule has 1 heterocycles. The van der Waals surface area contributed by atoms with Crippen LogP contribution in [0.3, 0.4) is 0 Å². The zero-order valence-electron chi connectivity index (χ0n) is 10.2. The van der Waals surface area contributed by atoms with Crippen molar-refractivity contribution in [3.05, 3.63) is 46.1 Å². The molecule has 19 heavy (non-hydrogen) atoms. The number of nitro benzene ring substituents is 1. The van der Waals surface area contributed by atoms with Gasteiger partial charge >= 0.3 is 5.69 Å². The number of nitrogens with one attached hydrogen (secondary N) is 1. The van der Waals surface area contributed by atoms with Crippen LogP contribution in [0.4, 0.5) is 5.69 Å². The van der Waals surface area contributed by atoms with E-state index in [4.69, 9.17) is 4.74 Å². The minimum absolute atomic E-state index is 0.0142. The van der Waals surface area contributed by atoms with E-state index < -0.39 is 4.92 Å². The van der Waals surface area contributed by atoms with Crippen LogP contribution in [0, 0.1) is 10.1 Å². The van der Waals surface area contributed by atoms with Crippen LogP contribution in [-0.2, 0) is 13.2 Å². The average molecular weight is 264 g/mol. The van der Waals surface area contributed by atoms with Crippen LogP contribution in [0.25, 0.3) is 0 Å². The van der Waals surface area contributed by atoms with E-state index in [-0.39, 0.29) is 18.0 Å². The molecule has 8 heteroatoms. The Morgan fingerprint density at radius 2 is 2.37 bits per heavy atom. The minimum Gasteiger partial charge on any atom is -0.478 e. The Balaban J connectivity index is 2.19. The van der Waals surface area contributed by atoms with Gasteiger partial charge in [-0.05, 0) is 18.7 Å². The molecule has 0 unspecified atom stereocenters. The van der Waals surface area contributed by atoms with Crippen LogP contribution < -0.4 is 10.1 Å². The molecular weight excluding hydrogens is 252 g/mol. The van der Waals surface area contributed by atoms with E-state index in [0.717, 1.165) is 5.56 Å². The molecule has 0 aliphatic rings. The predicted octanol–water partition coefficient (Wildman–Crippen LogP) is 1.28. The first-order valence-electron chi connectivity index (χ1n) is 5.50. The second kappa shape index (κ2) is 5.91. The number of aromatic nitrogens is 2. The Hall–Kier alpha value is -2.48. The Morgan fingerprint density at radius 1 is 1.53 bits per heavy atom. The first-order chi connectivity index (χ1) is 9.20. The van der Waals surface area contributed by atoms with E-state index in [1.807, 2.05) is 0 Å². The van der Waals surface area contributed by atoms with Gasteiger partial charge in [0, 0.05) is 12.6 Å². The molecule has 0 atom stereocenters. The molecule has 2 rings (SSSR count). The van der Waals surface area contributed by atoms with Crippen molar-refractivity contribution in [1.82, 2.24) is 15.5 Å². The summed E-state index contributed by atoms with van der Waals surface area (Å²) in [7, 11) is 1.79. The maximum Gasteiger partial charge on any atom is 0.310 e. The van der Waals surface area contributed by atoms with Gasteiger partial charge in [-0.2, -0.15) is 4.98 Å². The van der Waals surface area contributed by atoms with Crippen LogP contribution in [0.2, 0.25) is 0 Å². The highest BCUT2D eigenvalue weighted by Gasteiger charge is 2.16. The Labute approximate surface area is 108 Å². The number of ether oxygens (including phenoxy) is 1. The van der Waals surface area contributed by atoms with Crippen molar-refractivity contribution in [2.75, 3.05) is 7.05 Å². The van der Waals surface area contributed by atoms with E-state index in [0.29, 0.717) is 12.4 Å². The topological polar surface area (TPSA) is 103 Å². The van der Waals surface area contributed by atoms with Crippen LogP contribution in [0.5, 0.6) is 5.75 Å². The molecule has 0 aliphatic heterocycles. The molecule has 0 saturated carbocycles. The molecule has 0 spiro atoms. The highest BCUT2D eigenvalue weighted by Crippen LogP contribution is 2.28. The number of rotatable bonds is 6. The third-order valence-electron chi connectivity index (χ3n) is 2.37. The summed E-state index contributed by atoms with van der Waals surface area (Å²) in [6, 6.07) is 4.71. The highest BCUT2D eigenvalue weighted by atomic mass is 16.6. The standard InChI is InChI=1S/C11H12N4O4/c1-12-5-8-2-3-9(15(16)17)10(4-8)18-6-11-13-7-19-14-11/h2-4,7,12H,5-6H2,1H3. The molecule has 100 valence electrons. The maximum absolute atomic E-state index is 10.9. The Kier molecular flexibility index (Phi) is 4.04. The fourth-order valence-corrected chi connectivity index (χ4v) is 1.54. The van der Waals surface area contributed by atoms with Crippen molar-refractivity contribution < 1.29 is 14.2 Å². The maximum atomic E-state index is 10.9. The Bertz CT molecular complexity index is 556. The second-order valence-corrected chi connectivity index (χ2v) is 3.73. The van der Waals surface area contributed by atoms with Gasteiger partial charge in [0.15, 0.2) is 12.4 Å². The normalized spacial score (nSPS) is 10.4. The van der Waals surface area contributed by atoms with E-state index in [1.165, 1.54) is 12.5 Å². The van der Waals surface area contributed by atoms with Gasteiger partial charge < -0.3 is 14.6 Å². The van der Waals surface area contributed by atoms with Gasteiger partial charge in [0.25, 0.3) is 0 Å².